The summed E-state index contributed by atoms with van der Waals surface area (Å²) in [5, 5.41) is 15.8. The number of aromatic hydroxyl groups is 1. The van der Waals surface area contributed by atoms with E-state index in [0.29, 0.717) is 11.3 Å². The fraction of sp³-hybridized carbons (Fsp3) is 0.500. The first kappa shape index (κ1) is 24.0. The molecule has 0 radical (unpaired) electrons. The third-order valence-electron chi connectivity index (χ3n) is 5.41. The van der Waals surface area contributed by atoms with E-state index in [0.717, 1.165) is 0 Å². The average molecular weight is 432 g/mol. The van der Waals surface area contributed by atoms with Crippen molar-refractivity contribution in [3.8, 4) is 5.75 Å². The number of cyclic esters (lactones) is 1. The van der Waals surface area contributed by atoms with Crippen LogP contribution in [0.2, 0.25) is 0 Å². The number of hydrogen-bond acceptors (Lipinski definition) is 8. The number of nitrogens with one attached hydrogen (secondary N) is 2. The summed E-state index contributed by atoms with van der Waals surface area (Å²) in [4.78, 5) is 60.4. The maximum absolute atomic E-state index is 12.8. The van der Waals surface area contributed by atoms with Gasteiger partial charge >= 0.3 is 5.97 Å². The van der Waals surface area contributed by atoms with Gasteiger partial charge in [0, 0.05) is 31.6 Å². The molecule has 168 valence electrons. The topological polar surface area (TPSA) is 139 Å². The summed E-state index contributed by atoms with van der Waals surface area (Å²) in [5.41, 5.74) is 0.803. The van der Waals surface area contributed by atoms with Gasteiger partial charge in [-0.2, -0.15) is 0 Å². The highest BCUT2D eigenvalue weighted by molar-refractivity contribution is 6.63. The van der Waals surface area contributed by atoms with Gasteiger partial charge in [-0.25, -0.2) is 4.79 Å². The average Bonchev–Trinajstić information content (AvgIpc) is 2.73. The minimum Gasteiger partial charge on any atom is -0.507 e. The molecule has 1 heterocycles. The number of aryl methyl sites for hydroxylation is 1. The lowest BCUT2D eigenvalue weighted by Crippen LogP contribution is -2.28. The Hall–Kier alpha value is -3.23. The molecule has 9 nitrogen and oxygen atoms in total. The van der Waals surface area contributed by atoms with Crippen molar-refractivity contribution in [1.29, 1.82) is 0 Å². The number of benzene rings is 1. The van der Waals surface area contributed by atoms with Gasteiger partial charge in [-0.05, 0) is 43.7 Å². The molecule has 1 aliphatic heterocycles. The molecule has 31 heavy (non-hydrogen) atoms. The summed E-state index contributed by atoms with van der Waals surface area (Å²) < 4.78 is 5.51. The number of amides is 1. The summed E-state index contributed by atoms with van der Waals surface area (Å²) in [6.07, 6.45) is -0.148. The lowest BCUT2D eigenvalue weighted by molar-refractivity contribution is -0.144. The highest BCUT2D eigenvalue weighted by atomic mass is 16.5. The van der Waals surface area contributed by atoms with E-state index in [-0.39, 0.29) is 61.8 Å². The largest absolute Gasteiger partial charge is 0.507 e. The molecule has 0 unspecified atom stereocenters. The van der Waals surface area contributed by atoms with Crippen LogP contribution in [0.25, 0.3) is 0 Å². The highest BCUT2D eigenvalue weighted by Crippen LogP contribution is 2.30. The van der Waals surface area contributed by atoms with E-state index in [1.54, 1.807) is 19.9 Å². The van der Waals surface area contributed by atoms with Crippen molar-refractivity contribution < 1.29 is 33.8 Å². The van der Waals surface area contributed by atoms with Gasteiger partial charge in [-0.15, -0.1) is 0 Å². The van der Waals surface area contributed by atoms with Crippen LogP contribution < -0.4 is 10.6 Å². The lowest BCUT2D eigenvalue weighted by atomic mass is 9.94. The standard InChI is InChI=1S/C22H28N2O7/c1-12-7-8-17(26)21(29)16(25)6-4-5-14-9-15(24-11-19(28)23-3)10-18(27)20(14)22(30)31-13(12)2/h9-10,12-13,24,27H,4-8,11H2,1-3H3,(H,23,28)/t12-,13+/m1/s1. The Morgan fingerprint density at radius 3 is 2.45 bits per heavy atom. The third kappa shape index (κ3) is 6.37. The number of carbonyl (C=O) groups excluding carboxylic acids is 5. The van der Waals surface area contributed by atoms with Crippen molar-refractivity contribution in [3.63, 3.8) is 0 Å². The van der Waals surface area contributed by atoms with Crippen LogP contribution in [0.4, 0.5) is 5.69 Å². The van der Waals surface area contributed by atoms with Crippen LogP contribution >= 0.6 is 0 Å². The Balaban J connectivity index is 2.37. The van der Waals surface area contributed by atoms with Crippen molar-refractivity contribution in [2.75, 3.05) is 18.9 Å². The van der Waals surface area contributed by atoms with Gasteiger partial charge in [0.15, 0.2) is 0 Å². The molecule has 0 fully saturated rings. The molecule has 0 aliphatic carbocycles. The molecule has 1 aromatic rings. The molecule has 0 saturated heterocycles. The van der Waals surface area contributed by atoms with Crippen LogP contribution in [-0.4, -0.2) is 54.0 Å². The second-order valence-electron chi connectivity index (χ2n) is 7.71. The Morgan fingerprint density at radius 1 is 1.10 bits per heavy atom. The molecular formula is C22H28N2O7. The van der Waals surface area contributed by atoms with Crippen molar-refractivity contribution in [1.82, 2.24) is 5.32 Å². The lowest BCUT2D eigenvalue weighted by Gasteiger charge is -2.22. The molecule has 1 aliphatic rings. The van der Waals surface area contributed by atoms with Crippen LogP contribution in [0.5, 0.6) is 5.75 Å². The van der Waals surface area contributed by atoms with E-state index in [1.807, 2.05) is 0 Å². The van der Waals surface area contributed by atoms with E-state index in [9.17, 15) is 29.1 Å². The van der Waals surface area contributed by atoms with Gasteiger partial charge in [0.1, 0.15) is 17.4 Å². The molecule has 0 aromatic heterocycles. The molecule has 9 heteroatoms. The molecule has 2 rings (SSSR count). The van der Waals surface area contributed by atoms with Crippen molar-refractivity contribution in [2.24, 2.45) is 5.92 Å². The predicted molar refractivity (Wildman–Crippen MR) is 112 cm³/mol. The molecule has 2 atom stereocenters. The number of ketones is 3. The number of esters is 1. The second kappa shape index (κ2) is 10.7. The number of ether oxygens (including phenoxy) is 1. The zero-order valence-electron chi connectivity index (χ0n) is 17.9. The minimum atomic E-state index is -1.00. The predicted octanol–water partition coefficient (Wildman–Crippen LogP) is 1.56. The maximum atomic E-state index is 12.8. The highest BCUT2D eigenvalue weighted by Gasteiger charge is 2.27. The number of Topliss-reactive ketones (excluding diaryl/α,β-unsaturated/α-hetero) is 3. The van der Waals surface area contributed by atoms with Crippen LogP contribution in [-0.2, 0) is 30.3 Å². The Morgan fingerprint density at radius 2 is 1.77 bits per heavy atom. The number of rotatable bonds is 3. The van der Waals surface area contributed by atoms with Crippen LogP contribution in [0, 0.1) is 5.92 Å². The van der Waals surface area contributed by atoms with Gasteiger partial charge in [0.05, 0.1) is 6.54 Å². The Bertz CT molecular complexity index is 894. The summed E-state index contributed by atoms with van der Waals surface area (Å²) in [6.45, 7) is 3.40. The summed E-state index contributed by atoms with van der Waals surface area (Å²) >= 11 is 0. The zero-order valence-corrected chi connectivity index (χ0v) is 17.9. The molecule has 3 N–H and O–H groups in total. The van der Waals surface area contributed by atoms with Gasteiger partial charge in [0.2, 0.25) is 17.5 Å². The normalized spacial score (nSPS) is 21.0. The van der Waals surface area contributed by atoms with E-state index in [2.05, 4.69) is 10.6 Å². The molecule has 1 amide bonds. The van der Waals surface area contributed by atoms with Crippen LogP contribution in [0.3, 0.4) is 0 Å². The summed E-state index contributed by atoms with van der Waals surface area (Å²) in [5.74, 6) is -4.02. The second-order valence-corrected chi connectivity index (χ2v) is 7.71. The number of hydrogen-bond donors (Lipinski definition) is 3. The molecule has 0 saturated carbocycles. The van der Waals surface area contributed by atoms with E-state index in [4.69, 9.17) is 4.74 Å². The zero-order chi connectivity index (χ0) is 23.1. The van der Waals surface area contributed by atoms with Gasteiger partial charge in [-0.1, -0.05) is 6.92 Å². The SMILES string of the molecule is CNC(=O)CNc1cc(O)c2c(c1)CCCC(=O)C(=O)C(=O)CC[C@@H](C)[C@H](C)OC2=O. The van der Waals surface area contributed by atoms with E-state index in [1.165, 1.54) is 13.1 Å². The fourth-order valence-corrected chi connectivity index (χ4v) is 3.25. The smallest absolute Gasteiger partial charge is 0.342 e. The monoisotopic (exact) mass is 432 g/mol. The quantitative estimate of drug-likeness (QED) is 0.483. The summed E-state index contributed by atoms with van der Waals surface area (Å²) in [6, 6.07) is 2.92. The number of fused-ring (bicyclic) bond motifs is 1. The molecule has 1 aromatic carbocycles. The maximum Gasteiger partial charge on any atom is 0.342 e. The van der Waals surface area contributed by atoms with E-state index >= 15 is 0 Å². The summed E-state index contributed by atoms with van der Waals surface area (Å²) in [7, 11) is 1.49. The molecule has 0 bridgehead atoms. The number of likely N-dealkylation sites (N-methyl/N-ethyl adjacent to an activating group) is 1. The first-order valence-electron chi connectivity index (χ1n) is 10.3. The third-order valence-corrected chi connectivity index (χ3v) is 5.41. The minimum absolute atomic E-state index is 0.0172. The van der Waals surface area contributed by atoms with E-state index < -0.39 is 29.4 Å². The van der Waals surface area contributed by atoms with Crippen molar-refractivity contribution in [2.45, 2.75) is 52.1 Å². The number of carbonyl (C=O) groups is 5. The Kier molecular flexibility index (Phi) is 8.30. The first-order valence-corrected chi connectivity index (χ1v) is 10.3. The van der Waals surface area contributed by atoms with Crippen molar-refractivity contribution in [3.05, 3.63) is 23.3 Å². The van der Waals surface area contributed by atoms with Gasteiger partial charge in [-0.3, -0.25) is 19.2 Å². The van der Waals surface area contributed by atoms with Crippen LogP contribution in [0.1, 0.15) is 55.5 Å². The fourth-order valence-electron chi connectivity index (χ4n) is 3.25. The van der Waals surface area contributed by atoms with Gasteiger partial charge in [0.25, 0.3) is 5.78 Å². The van der Waals surface area contributed by atoms with Crippen LogP contribution in [0.15, 0.2) is 12.1 Å². The van der Waals surface area contributed by atoms with Crippen molar-refractivity contribution >= 4 is 34.9 Å². The number of phenols is 1. The van der Waals surface area contributed by atoms with Gasteiger partial charge < -0.3 is 20.5 Å². The first-order chi connectivity index (χ1) is 14.6. The number of anilines is 1. The Labute approximate surface area is 180 Å². The number of phenolic OH excluding ortho intramolecular Hbond substituents is 1. The molecule has 0 spiro atoms. The molecular weight excluding hydrogens is 404 g/mol.